The standard InChI is InChI=1S/C15H11BrF4O/c16-12-4-2-1-3-9(12)8-14(21)10-5-6-13(17)11(7-10)15(18,19)20/h1-7,14,21H,8H2. The lowest BCUT2D eigenvalue weighted by Crippen LogP contribution is -2.11. The highest BCUT2D eigenvalue weighted by molar-refractivity contribution is 9.10. The molecule has 2 aromatic carbocycles. The first-order valence-electron chi connectivity index (χ1n) is 6.07. The van der Waals surface area contributed by atoms with Crippen LogP contribution in [0.25, 0.3) is 0 Å². The minimum Gasteiger partial charge on any atom is -0.388 e. The zero-order valence-electron chi connectivity index (χ0n) is 10.7. The molecule has 0 aromatic heterocycles. The largest absolute Gasteiger partial charge is 0.419 e. The normalized spacial score (nSPS) is 13.2. The van der Waals surface area contributed by atoms with Gasteiger partial charge in [-0.3, -0.25) is 0 Å². The Bertz CT molecular complexity index is 640. The lowest BCUT2D eigenvalue weighted by atomic mass is 9.99. The molecule has 0 aliphatic carbocycles. The van der Waals surface area contributed by atoms with Crippen LogP contribution in [0.5, 0.6) is 0 Å². The van der Waals surface area contributed by atoms with Gasteiger partial charge in [-0.05, 0) is 29.3 Å². The maximum atomic E-state index is 13.2. The highest BCUT2D eigenvalue weighted by atomic mass is 79.9. The van der Waals surface area contributed by atoms with Crippen LogP contribution in [0.15, 0.2) is 46.9 Å². The predicted molar refractivity (Wildman–Crippen MR) is 74.2 cm³/mol. The number of hydrogen-bond acceptors (Lipinski definition) is 1. The molecule has 0 saturated carbocycles. The fourth-order valence-corrected chi connectivity index (χ4v) is 2.40. The number of benzene rings is 2. The molecule has 112 valence electrons. The molecule has 0 aliphatic rings. The molecule has 0 spiro atoms. The molecular weight excluding hydrogens is 352 g/mol. The lowest BCUT2D eigenvalue weighted by molar-refractivity contribution is -0.140. The zero-order valence-corrected chi connectivity index (χ0v) is 12.2. The lowest BCUT2D eigenvalue weighted by Gasteiger charge is -2.15. The maximum Gasteiger partial charge on any atom is 0.419 e. The highest BCUT2D eigenvalue weighted by Gasteiger charge is 2.34. The van der Waals surface area contributed by atoms with Gasteiger partial charge in [0.1, 0.15) is 5.82 Å². The molecule has 0 bridgehead atoms. The van der Waals surface area contributed by atoms with Gasteiger partial charge in [-0.25, -0.2) is 4.39 Å². The van der Waals surface area contributed by atoms with Crippen LogP contribution >= 0.6 is 15.9 Å². The second kappa shape index (κ2) is 6.15. The van der Waals surface area contributed by atoms with Crippen molar-refractivity contribution in [1.82, 2.24) is 0 Å². The van der Waals surface area contributed by atoms with Crippen LogP contribution in [-0.4, -0.2) is 5.11 Å². The first-order valence-corrected chi connectivity index (χ1v) is 6.86. The Hall–Kier alpha value is -1.40. The maximum absolute atomic E-state index is 13.2. The van der Waals surface area contributed by atoms with Crippen LogP contribution in [0.2, 0.25) is 0 Å². The van der Waals surface area contributed by atoms with Crippen LogP contribution in [0.4, 0.5) is 17.6 Å². The van der Waals surface area contributed by atoms with E-state index in [1.54, 1.807) is 24.3 Å². The Morgan fingerprint density at radius 3 is 2.38 bits per heavy atom. The van der Waals surface area contributed by atoms with E-state index in [4.69, 9.17) is 0 Å². The first-order chi connectivity index (χ1) is 9.79. The third-order valence-electron chi connectivity index (χ3n) is 3.05. The van der Waals surface area contributed by atoms with E-state index in [1.165, 1.54) is 0 Å². The molecule has 0 amide bonds. The topological polar surface area (TPSA) is 20.2 Å². The number of aliphatic hydroxyl groups is 1. The molecule has 1 nitrogen and oxygen atoms in total. The van der Waals surface area contributed by atoms with Crippen LogP contribution in [-0.2, 0) is 12.6 Å². The smallest absolute Gasteiger partial charge is 0.388 e. The molecule has 0 fully saturated rings. The number of rotatable bonds is 3. The van der Waals surface area contributed by atoms with Crippen molar-refractivity contribution in [2.75, 3.05) is 0 Å². The van der Waals surface area contributed by atoms with Gasteiger partial charge in [0.05, 0.1) is 11.7 Å². The molecule has 1 atom stereocenters. The molecule has 0 radical (unpaired) electrons. The minimum atomic E-state index is -4.78. The molecule has 2 rings (SSSR count). The number of aliphatic hydroxyl groups excluding tert-OH is 1. The third-order valence-corrected chi connectivity index (χ3v) is 3.83. The number of alkyl halides is 3. The van der Waals surface area contributed by atoms with Gasteiger partial charge in [0.25, 0.3) is 0 Å². The fraction of sp³-hybridized carbons (Fsp3) is 0.200. The van der Waals surface area contributed by atoms with E-state index >= 15 is 0 Å². The molecule has 6 heteroatoms. The summed E-state index contributed by atoms with van der Waals surface area (Å²) >= 11 is 3.30. The summed E-state index contributed by atoms with van der Waals surface area (Å²) in [6.45, 7) is 0. The van der Waals surface area contributed by atoms with E-state index < -0.39 is 23.7 Å². The van der Waals surface area contributed by atoms with Crippen LogP contribution in [0.3, 0.4) is 0 Å². The van der Waals surface area contributed by atoms with Crippen molar-refractivity contribution in [3.05, 3.63) is 69.4 Å². The molecule has 1 unspecified atom stereocenters. The number of halogens is 5. The Kier molecular flexibility index (Phi) is 4.68. The predicted octanol–water partition coefficient (Wildman–Crippen LogP) is 4.88. The van der Waals surface area contributed by atoms with Gasteiger partial charge >= 0.3 is 6.18 Å². The van der Waals surface area contributed by atoms with E-state index in [2.05, 4.69) is 15.9 Å². The van der Waals surface area contributed by atoms with Gasteiger partial charge in [0.2, 0.25) is 0 Å². The van der Waals surface area contributed by atoms with E-state index in [-0.39, 0.29) is 12.0 Å². The summed E-state index contributed by atoms with van der Waals surface area (Å²) in [6.07, 6.45) is -5.80. The quantitative estimate of drug-likeness (QED) is 0.771. The molecule has 21 heavy (non-hydrogen) atoms. The van der Waals surface area contributed by atoms with Gasteiger partial charge in [0.15, 0.2) is 0 Å². The van der Waals surface area contributed by atoms with Crippen LogP contribution < -0.4 is 0 Å². The van der Waals surface area contributed by atoms with Crippen molar-refractivity contribution < 1.29 is 22.7 Å². The molecule has 1 N–H and O–H groups in total. The second-order valence-corrected chi connectivity index (χ2v) is 5.40. The average molecular weight is 363 g/mol. The van der Waals surface area contributed by atoms with Crippen LogP contribution in [0, 0.1) is 5.82 Å². The Morgan fingerprint density at radius 1 is 1.10 bits per heavy atom. The van der Waals surface area contributed by atoms with Gasteiger partial charge in [-0.1, -0.05) is 40.2 Å². The molecule has 0 heterocycles. The summed E-state index contributed by atoms with van der Waals surface area (Å²) in [6, 6.07) is 9.61. The highest BCUT2D eigenvalue weighted by Crippen LogP contribution is 2.33. The van der Waals surface area contributed by atoms with Crippen molar-refractivity contribution in [2.45, 2.75) is 18.7 Å². The van der Waals surface area contributed by atoms with Crippen molar-refractivity contribution in [3.63, 3.8) is 0 Å². The van der Waals surface area contributed by atoms with E-state index in [9.17, 15) is 22.7 Å². The van der Waals surface area contributed by atoms with Gasteiger partial charge < -0.3 is 5.11 Å². The molecule has 0 saturated heterocycles. The SMILES string of the molecule is OC(Cc1ccccc1Br)c1ccc(F)c(C(F)(F)F)c1. The molecular formula is C15H11BrF4O. The summed E-state index contributed by atoms with van der Waals surface area (Å²) in [5.74, 6) is -1.35. The summed E-state index contributed by atoms with van der Waals surface area (Å²) in [5.41, 5.74) is -0.589. The van der Waals surface area contributed by atoms with E-state index in [1.807, 2.05) is 0 Å². The third kappa shape index (κ3) is 3.83. The Morgan fingerprint density at radius 2 is 1.76 bits per heavy atom. The van der Waals surface area contributed by atoms with Gasteiger partial charge in [-0.15, -0.1) is 0 Å². The van der Waals surface area contributed by atoms with Gasteiger partial charge in [-0.2, -0.15) is 13.2 Å². The molecule has 2 aromatic rings. The summed E-state index contributed by atoms with van der Waals surface area (Å²) in [4.78, 5) is 0. The van der Waals surface area contributed by atoms with Crippen molar-refractivity contribution in [3.8, 4) is 0 Å². The van der Waals surface area contributed by atoms with E-state index in [0.717, 1.165) is 22.2 Å². The Labute approximate surface area is 127 Å². The average Bonchev–Trinajstić information content (AvgIpc) is 2.40. The zero-order chi connectivity index (χ0) is 15.6. The fourth-order valence-electron chi connectivity index (χ4n) is 1.96. The summed E-state index contributed by atoms with van der Waals surface area (Å²) in [5, 5.41) is 10.1. The summed E-state index contributed by atoms with van der Waals surface area (Å²) in [7, 11) is 0. The van der Waals surface area contributed by atoms with Crippen molar-refractivity contribution >= 4 is 15.9 Å². The minimum absolute atomic E-state index is 0.0273. The monoisotopic (exact) mass is 362 g/mol. The van der Waals surface area contributed by atoms with Gasteiger partial charge in [0, 0.05) is 10.9 Å². The number of hydrogen-bond donors (Lipinski definition) is 1. The second-order valence-electron chi connectivity index (χ2n) is 4.55. The summed E-state index contributed by atoms with van der Waals surface area (Å²) < 4.78 is 51.9. The Balaban J connectivity index is 2.28. The van der Waals surface area contributed by atoms with Crippen LogP contribution in [0.1, 0.15) is 22.8 Å². The first kappa shape index (κ1) is 16.0. The van der Waals surface area contributed by atoms with Crippen molar-refractivity contribution in [1.29, 1.82) is 0 Å². The van der Waals surface area contributed by atoms with E-state index in [0.29, 0.717) is 6.07 Å². The van der Waals surface area contributed by atoms with Crippen molar-refractivity contribution in [2.24, 2.45) is 0 Å². The molecule has 0 aliphatic heterocycles.